The number of Topliss-reactive ketones (excluding diaryl/α,β-unsaturated/α-hetero) is 1. The Balaban J connectivity index is 2.52. The van der Waals surface area contributed by atoms with Crippen molar-refractivity contribution < 1.29 is 14.3 Å². The molecule has 0 radical (unpaired) electrons. The van der Waals surface area contributed by atoms with Crippen LogP contribution in [0.1, 0.15) is 33.4 Å². The van der Waals surface area contributed by atoms with Crippen molar-refractivity contribution in [3.63, 3.8) is 0 Å². The summed E-state index contributed by atoms with van der Waals surface area (Å²) in [5, 5.41) is 2.63. The summed E-state index contributed by atoms with van der Waals surface area (Å²) in [6, 6.07) is 4.86. The summed E-state index contributed by atoms with van der Waals surface area (Å²) in [6.45, 7) is 7.51. The van der Waals surface area contributed by atoms with E-state index in [2.05, 4.69) is 10.3 Å². The fourth-order valence-electron chi connectivity index (χ4n) is 1.72. The minimum atomic E-state index is -0.594. The summed E-state index contributed by atoms with van der Waals surface area (Å²) >= 11 is 0. The second-order valence-corrected chi connectivity index (χ2v) is 5.32. The predicted octanol–water partition coefficient (Wildman–Crippen LogP) is 2.56. The van der Waals surface area contributed by atoms with E-state index >= 15 is 0 Å². The van der Waals surface area contributed by atoms with Gasteiger partial charge in [0, 0.05) is 12.1 Å². The van der Waals surface area contributed by atoms with Gasteiger partial charge in [-0.15, -0.1) is 0 Å². The number of nitrogens with zero attached hydrogens (tertiary/aromatic N) is 1. The molecular weight excluding hydrogens is 256 g/mol. The van der Waals surface area contributed by atoms with Gasteiger partial charge in [0.2, 0.25) is 0 Å². The molecule has 0 aromatic carbocycles. The lowest BCUT2D eigenvalue weighted by Gasteiger charge is -2.22. The molecule has 1 heterocycles. The molecule has 1 aromatic rings. The van der Waals surface area contributed by atoms with Crippen LogP contribution in [0.4, 0.5) is 4.79 Å². The minimum Gasteiger partial charge on any atom is -0.443 e. The van der Waals surface area contributed by atoms with Crippen LogP contribution in [0.2, 0.25) is 0 Å². The van der Waals surface area contributed by atoms with Crippen LogP contribution in [0.15, 0.2) is 24.4 Å². The molecule has 110 valence electrons. The Morgan fingerprint density at radius 3 is 2.45 bits per heavy atom. The van der Waals surface area contributed by atoms with E-state index in [1.54, 1.807) is 18.3 Å². The van der Waals surface area contributed by atoms with Crippen LogP contribution in [-0.4, -0.2) is 22.9 Å². The van der Waals surface area contributed by atoms with Gasteiger partial charge >= 0.3 is 6.09 Å². The Morgan fingerprint density at radius 2 is 1.95 bits per heavy atom. The number of alkyl carbamates (subject to hydrolysis) is 1. The third kappa shape index (κ3) is 4.99. The first-order chi connectivity index (χ1) is 9.41. The lowest BCUT2D eigenvalue weighted by atomic mass is 9.93. The maximum absolute atomic E-state index is 12.0. The third-order valence-corrected chi connectivity index (χ3v) is 2.89. The zero-order chi connectivity index (χ0) is 15.1. The molecule has 1 rings (SSSR count). The molecular formula is C15H22N2O3. The van der Waals surface area contributed by atoms with E-state index in [1.165, 1.54) is 0 Å². The molecule has 0 bridgehead atoms. The monoisotopic (exact) mass is 278 g/mol. The van der Waals surface area contributed by atoms with Gasteiger partial charge in [0.25, 0.3) is 0 Å². The molecule has 0 saturated heterocycles. The minimum absolute atomic E-state index is 0.00906. The average Bonchev–Trinajstić information content (AvgIpc) is 2.42. The highest BCUT2D eigenvalue weighted by atomic mass is 16.5. The van der Waals surface area contributed by atoms with Crippen molar-refractivity contribution in [1.29, 1.82) is 0 Å². The Kier molecular flexibility index (Phi) is 6.15. The van der Waals surface area contributed by atoms with E-state index in [4.69, 9.17) is 4.74 Å². The number of rotatable bonds is 6. The van der Waals surface area contributed by atoms with E-state index in [0.717, 1.165) is 0 Å². The standard InChI is InChI=1S/C15H22N2O3/c1-10(2)13(14(18)11(3)4)17-15(19)20-9-12-7-5-6-8-16-12/h5-8,10-11,13H,9H2,1-4H3,(H,17,19). The molecule has 1 amide bonds. The van der Waals surface area contributed by atoms with Crippen molar-refractivity contribution in [3.05, 3.63) is 30.1 Å². The Labute approximate surface area is 119 Å². The van der Waals surface area contributed by atoms with Gasteiger partial charge in [-0.2, -0.15) is 0 Å². The number of amides is 1. The van der Waals surface area contributed by atoms with E-state index < -0.39 is 12.1 Å². The van der Waals surface area contributed by atoms with Gasteiger partial charge in [-0.25, -0.2) is 4.79 Å². The second kappa shape index (κ2) is 7.62. The topological polar surface area (TPSA) is 68.3 Å². The number of aromatic nitrogens is 1. The summed E-state index contributed by atoms with van der Waals surface area (Å²) in [5.74, 6) is -0.0967. The summed E-state index contributed by atoms with van der Waals surface area (Å²) in [4.78, 5) is 27.8. The molecule has 0 aliphatic heterocycles. The van der Waals surface area contributed by atoms with E-state index in [-0.39, 0.29) is 24.2 Å². The number of hydrogen-bond donors (Lipinski definition) is 1. The van der Waals surface area contributed by atoms with Crippen molar-refractivity contribution in [1.82, 2.24) is 10.3 Å². The smallest absolute Gasteiger partial charge is 0.408 e. The van der Waals surface area contributed by atoms with Crippen molar-refractivity contribution in [2.75, 3.05) is 0 Å². The van der Waals surface area contributed by atoms with E-state index in [0.29, 0.717) is 5.69 Å². The molecule has 1 aromatic heterocycles. The summed E-state index contributed by atoms with van der Waals surface area (Å²) < 4.78 is 5.07. The van der Waals surface area contributed by atoms with Crippen molar-refractivity contribution in [3.8, 4) is 0 Å². The zero-order valence-electron chi connectivity index (χ0n) is 12.4. The third-order valence-electron chi connectivity index (χ3n) is 2.89. The Morgan fingerprint density at radius 1 is 1.25 bits per heavy atom. The number of nitrogens with one attached hydrogen (secondary N) is 1. The van der Waals surface area contributed by atoms with Crippen LogP contribution in [-0.2, 0) is 16.1 Å². The van der Waals surface area contributed by atoms with Crippen LogP contribution in [0, 0.1) is 11.8 Å². The van der Waals surface area contributed by atoms with Gasteiger partial charge in [-0.3, -0.25) is 9.78 Å². The molecule has 0 saturated carbocycles. The highest BCUT2D eigenvalue weighted by Gasteiger charge is 2.26. The Hall–Kier alpha value is -1.91. The first-order valence-corrected chi connectivity index (χ1v) is 6.78. The summed E-state index contributed by atoms with van der Waals surface area (Å²) in [5.41, 5.74) is 0.666. The Bertz CT molecular complexity index is 444. The molecule has 1 atom stereocenters. The van der Waals surface area contributed by atoms with Gasteiger partial charge in [0.05, 0.1) is 11.7 Å². The molecule has 20 heavy (non-hydrogen) atoms. The van der Waals surface area contributed by atoms with Gasteiger partial charge in [0.1, 0.15) is 6.61 Å². The lowest BCUT2D eigenvalue weighted by molar-refractivity contribution is -0.124. The van der Waals surface area contributed by atoms with Gasteiger partial charge in [-0.05, 0) is 18.1 Å². The van der Waals surface area contributed by atoms with E-state index in [9.17, 15) is 9.59 Å². The molecule has 0 spiro atoms. The molecule has 0 aliphatic rings. The molecule has 5 heteroatoms. The van der Waals surface area contributed by atoms with Gasteiger partial charge in [-0.1, -0.05) is 33.8 Å². The van der Waals surface area contributed by atoms with Crippen LogP contribution in [0.5, 0.6) is 0 Å². The molecule has 5 nitrogen and oxygen atoms in total. The maximum atomic E-state index is 12.0. The molecule has 1 unspecified atom stereocenters. The maximum Gasteiger partial charge on any atom is 0.408 e. The summed E-state index contributed by atoms with van der Waals surface area (Å²) in [6.07, 6.45) is 1.04. The fraction of sp³-hybridized carbons (Fsp3) is 0.533. The second-order valence-electron chi connectivity index (χ2n) is 5.32. The van der Waals surface area contributed by atoms with Crippen molar-refractivity contribution in [2.45, 2.75) is 40.3 Å². The normalized spacial score (nSPS) is 12.3. The highest BCUT2D eigenvalue weighted by Crippen LogP contribution is 2.09. The lowest BCUT2D eigenvalue weighted by Crippen LogP contribution is -2.46. The molecule has 0 aliphatic carbocycles. The largest absolute Gasteiger partial charge is 0.443 e. The number of ether oxygens (including phenoxy) is 1. The number of hydrogen-bond acceptors (Lipinski definition) is 4. The quantitative estimate of drug-likeness (QED) is 0.868. The number of carbonyl (C=O) groups excluding carboxylic acids is 2. The van der Waals surface area contributed by atoms with Crippen molar-refractivity contribution >= 4 is 11.9 Å². The average molecular weight is 278 g/mol. The van der Waals surface area contributed by atoms with Gasteiger partial charge < -0.3 is 10.1 Å². The highest BCUT2D eigenvalue weighted by molar-refractivity contribution is 5.88. The first kappa shape index (κ1) is 16.1. The van der Waals surface area contributed by atoms with Crippen LogP contribution < -0.4 is 5.32 Å². The number of pyridine rings is 1. The number of ketones is 1. The molecule has 0 fully saturated rings. The van der Waals surface area contributed by atoms with Crippen LogP contribution in [0.25, 0.3) is 0 Å². The van der Waals surface area contributed by atoms with E-state index in [1.807, 2.05) is 33.8 Å². The fourth-order valence-corrected chi connectivity index (χ4v) is 1.72. The predicted molar refractivity (Wildman–Crippen MR) is 76.0 cm³/mol. The SMILES string of the molecule is CC(C)C(=O)C(NC(=O)OCc1ccccn1)C(C)C. The summed E-state index contributed by atoms with van der Waals surface area (Å²) in [7, 11) is 0. The number of carbonyl (C=O) groups is 2. The van der Waals surface area contributed by atoms with Gasteiger partial charge in [0.15, 0.2) is 5.78 Å². The zero-order valence-corrected chi connectivity index (χ0v) is 12.4. The molecule has 1 N–H and O–H groups in total. The van der Waals surface area contributed by atoms with Crippen LogP contribution in [0.3, 0.4) is 0 Å². The first-order valence-electron chi connectivity index (χ1n) is 6.78. The van der Waals surface area contributed by atoms with Crippen LogP contribution >= 0.6 is 0 Å². The van der Waals surface area contributed by atoms with Crippen molar-refractivity contribution in [2.24, 2.45) is 11.8 Å².